The third-order valence-electron chi connectivity index (χ3n) is 5.76. The van der Waals surface area contributed by atoms with Crippen LogP contribution < -0.4 is 10.2 Å². The summed E-state index contributed by atoms with van der Waals surface area (Å²) >= 11 is 0. The minimum atomic E-state index is 0.827. The minimum Gasteiger partial charge on any atom is -0.385 e. The van der Waals surface area contributed by atoms with Crippen LogP contribution in [0.15, 0.2) is 18.2 Å². The van der Waals surface area contributed by atoms with Crippen molar-refractivity contribution in [2.24, 2.45) is 5.92 Å². The highest BCUT2D eigenvalue weighted by Crippen LogP contribution is 2.36. The molecular weight excluding hydrogens is 258 g/mol. The van der Waals surface area contributed by atoms with Crippen LogP contribution in [0.2, 0.25) is 0 Å². The van der Waals surface area contributed by atoms with Crippen LogP contribution in [-0.2, 0) is 6.42 Å². The lowest BCUT2D eigenvalue weighted by Crippen LogP contribution is -2.53. The lowest BCUT2D eigenvalue weighted by atomic mass is 9.83. The molecule has 2 unspecified atom stereocenters. The molecule has 1 aromatic rings. The number of nitrogens with one attached hydrogen (secondary N) is 1. The van der Waals surface area contributed by atoms with Crippen molar-refractivity contribution in [2.75, 3.05) is 43.4 Å². The molecule has 3 nitrogen and oxygen atoms in total. The van der Waals surface area contributed by atoms with E-state index >= 15 is 0 Å². The van der Waals surface area contributed by atoms with Gasteiger partial charge in [-0.3, -0.25) is 0 Å². The van der Waals surface area contributed by atoms with Crippen molar-refractivity contribution in [1.82, 2.24) is 4.90 Å². The molecule has 3 aliphatic heterocycles. The van der Waals surface area contributed by atoms with Gasteiger partial charge in [0.1, 0.15) is 0 Å². The summed E-state index contributed by atoms with van der Waals surface area (Å²) in [5, 5.41) is 3.57. The molecule has 3 heterocycles. The minimum absolute atomic E-state index is 0.827. The van der Waals surface area contributed by atoms with E-state index in [4.69, 9.17) is 0 Å². The summed E-state index contributed by atoms with van der Waals surface area (Å²) in [6, 6.07) is 7.65. The molecule has 2 fully saturated rings. The van der Waals surface area contributed by atoms with Crippen molar-refractivity contribution in [3.63, 3.8) is 0 Å². The van der Waals surface area contributed by atoms with Crippen LogP contribution in [0.4, 0.5) is 11.4 Å². The van der Waals surface area contributed by atoms with E-state index in [1.165, 1.54) is 63.1 Å². The van der Waals surface area contributed by atoms with Crippen LogP contribution in [0.25, 0.3) is 0 Å². The first-order chi connectivity index (χ1) is 10.3. The van der Waals surface area contributed by atoms with Crippen LogP contribution >= 0.6 is 0 Å². The third-order valence-corrected chi connectivity index (χ3v) is 5.76. The molecule has 0 radical (unpaired) electrons. The van der Waals surface area contributed by atoms with Crippen molar-refractivity contribution < 1.29 is 0 Å². The monoisotopic (exact) mass is 285 g/mol. The van der Waals surface area contributed by atoms with E-state index < -0.39 is 0 Å². The Balaban J connectivity index is 1.58. The Bertz CT molecular complexity index is 513. The molecule has 21 heavy (non-hydrogen) atoms. The Morgan fingerprint density at radius 3 is 3.05 bits per heavy atom. The number of fused-ring (bicyclic) bond motifs is 2. The van der Waals surface area contributed by atoms with Crippen LogP contribution in [0, 0.1) is 5.92 Å². The van der Waals surface area contributed by atoms with E-state index in [-0.39, 0.29) is 0 Å². The molecule has 1 N–H and O–H groups in total. The van der Waals surface area contributed by atoms with Gasteiger partial charge in [0.05, 0.1) is 0 Å². The molecule has 0 amide bonds. The molecule has 114 valence electrons. The molecule has 0 aromatic heterocycles. The maximum atomic E-state index is 3.57. The third kappa shape index (κ3) is 2.42. The fraction of sp³-hybridized carbons (Fsp3) is 0.667. The Morgan fingerprint density at radius 2 is 2.10 bits per heavy atom. The zero-order valence-corrected chi connectivity index (χ0v) is 13.1. The Morgan fingerprint density at radius 1 is 1.14 bits per heavy atom. The first-order valence-corrected chi connectivity index (χ1v) is 8.64. The summed E-state index contributed by atoms with van der Waals surface area (Å²) in [4.78, 5) is 5.28. The number of anilines is 2. The van der Waals surface area contributed by atoms with Gasteiger partial charge in [0.25, 0.3) is 0 Å². The van der Waals surface area contributed by atoms with Gasteiger partial charge < -0.3 is 15.1 Å². The number of piperidine rings is 2. The van der Waals surface area contributed by atoms with E-state index in [0.717, 1.165) is 18.5 Å². The summed E-state index contributed by atoms with van der Waals surface area (Å²) < 4.78 is 0. The van der Waals surface area contributed by atoms with Crippen LogP contribution in [0.3, 0.4) is 0 Å². The lowest BCUT2D eigenvalue weighted by molar-refractivity contribution is 0.102. The number of hydrogen-bond acceptors (Lipinski definition) is 3. The molecule has 1 aromatic carbocycles. The number of likely N-dealkylation sites (tertiary alicyclic amines) is 1. The standard InChI is InChI=1S/C18H27N3/c1-20-11-4-5-14-13-21(12-9-17(14)20)18-8-2-7-16-15(18)6-3-10-19-16/h2,7-8,14,17,19H,3-6,9-13H2,1H3. The number of rotatable bonds is 1. The van der Waals surface area contributed by atoms with E-state index in [2.05, 4.69) is 40.4 Å². The van der Waals surface area contributed by atoms with Crippen molar-refractivity contribution >= 4 is 11.4 Å². The molecular formula is C18H27N3. The van der Waals surface area contributed by atoms with E-state index in [9.17, 15) is 0 Å². The highest BCUT2D eigenvalue weighted by molar-refractivity contribution is 5.68. The number of nitrogens with zero attached hydrogens (tertiary/aromatic N) is 2. The Labute approximate surface area is 128 Å². The Kier molecular flexibility index (Phi) is 3.54. The van der Waals surface area contributed by atoms with Gasteiger partial charge in [-0.25, -0.2) is 0 Å². The van der Waals surface area contributed by atoms with E-state index in [1.807, 2.05) is 0 Å². The quantitative estimate of drug-likeness (QED) is 0.856. The predicted molar refractivity (Wildman–Crippen MR) is 89.2 cm³/mol. The van der Waals surface area contributed by atoms with E-state index in [1.54, 1.807) is 5.56 Å². The van der Waals surface area contributed by atoms with Gasteiger partial charge in [-0.15, -0.1) is 0 Å². The van der Waals surface area contributed by atoms with Gasteiger partial charge in [0.2, 0.25) is 0 Å². The fourth-order valence-electron chi connectivity index (χ4n) is 4.66. The van der Waals surface area contributed by atoms with E-state index in [0.29, 0.717) is 0 Å². The Hall–Kier alpha value is -1.22. The normalized spacial score (nSPS) is 29.5. The average Bonchev–Trinajstić information content (AvgIpc) is 2.54. The molecule has 2 saturated heterocycles. The average molecular weight is 285 g/mol. The van der Waals surface area contributed by atoms with Crippen LogP contribution in [0.5, 0.6) is 0 Å². The molecule has 0 aliphatic carbocycles. The zero-order valence-electron chi connectivity index (χ0n) is 13.1. The number of hydrogen-bond donors (Lipinski definition) is 1. The predicted octanol–water partition coefficient (Wildman–Crippen LogP) is 2.97. The maximum Gasteiger partial charge on any atom is 0.0419 e. The highest BCUT2D eigenvalue weighted by atomic mass is 15.2. The SMILES string of the molecule is CN1CCCC2CN(c3cccc4c3CCCN4)CCC21. The summed E-state index contributed by atoms with van der Waals surface area (Å²) in [5.41, 5.74) is 4.44. The van der Waals surface area contributed by atoms with Crippen molar-refractivity contribution in [3.05, 3.63) is 23.8 Å². The first kappa shape index (κ1) is 13.4. The van der Waals surface area contributed by atoms with Crippen molar-refractivity contribution in [2.45, 2.75) is 38.1 Å². The second-order valence-corrected chi connectivity index (χ2v) is 7.02. The van der Waals surface area contributed by atoms with Gasteiger partial charge in [-0.2, -0.15) is 0 Å². The molecule has 3 aliphatic rings. The smallest absolute Gasteiger partial charge is 0.0419 e. The van der Waals surface area contributed by atoms with Crippen molar-refractivity contribution in [1.29, 1.82) is 0 Å². The van der Waals surface area contributed by atoms with Gasteiger partial charge in [0, 0.05) is 37.1 Å². The van der Waals surface area contributed by atoms with Gasteiger partial charge in [-0.05, 0) is 69.3 Å². The molecule has 0 saturated carbocycles. The van der Waals surface area contributed by atoms with Gasteiger partial charge in [0.15, 0.2) is 0 Å². The van der Waals surface area contributed by atoms with Crippen molar-refractivity contribution in [3.8, 4) is 0 Å². The van der Waals surface area contributed by atoms with Crippen LogP contribution in [-0.4, -0.2) is 44.2 Å². The largest absolute Gasteiger partial charge is 0.385 e. The van der Waals surface area contributed by atoms with Gasteiger partial charge >= 0.3 is 0 Å². The van der Waals surface area contributed by atoms with Crippen LogP contribution in [0.1, 0.15) is 31.2 Å². The second-order valence-electron chi connectivity index (χ2n) is 7.02. The number of benzene rings is 1. The topological polar surface area (TPSA) is 18.5 Å². The molecule has 3 heteroatoms. The maximum absolute atomic E-state index is 3.57. The first-order valence-electron chi connectivity index (χ1n) is 8.64. The highest BCUT2D eigenvalue weighted by Gasteiger charge is 2.34. The molecule has 4 rings (SSSR count). The zero-order chi connectivity index (χ0) is 14.2. The fourth-order valence-corrected chi connectivity index (χ4v) is 4.66. The summed E-state index contributed by atoms with van der Waals surface area (Å²) in [6.07, 6.45) is 6.63. The van der Waals surface area contributed by atoms with Gasteiger partial charge in [-0.1, -0.05) is 6.07 Å². The summed E-state index contributed by atoms with van der Waals surface area (Å²) in [7, 11) is 2.32. The molecule has 2 atom stereocenters. The second kappa shape index (κ2) is 5.53. The summed E-state index contributed by atoms with van der Waals surface area (Å²) in [5.74, 6) is 0.866. The molecule has 0 bridgehead atoms. The summed E-state index contributed by atoms with van der Waals surface area (Å²) in [6.45, 7) is 4.91. The lowest BCUT2D eigenvalue weighted by Gasteiger charge is -2.47. The molecule has 0 spiro atoms.